The maximum Gasteiger partial charge on any atom is 0.317 e. The number of carbonyl (C=O) groups excluding carboxylic acids is 1. The number of aromatic nitrogens is 3. The van der Waals surface area contributed by atoms with E-state index in [-0.39, 0.29) is 24.5 Å². The highest BCUT2D eigenvalue weighted by Gasteiger charge is 2.37. The van der Waals surface area contributed by atoms with Gasteiger partial charge in [0.15, 0.2) is 0 Å². The first-order valence-electron chi connectivity index (χ1n) is 9.60. The highest BCUT2D eigenvalue weighted by atomic mass is 16.4. The zero-order valence-corrected chi connectivity index (χ0v) is 16.4. The van der Waals surface area contributed by atoms with Crippen molar-refractivity contribution in [1.82, 2.24) is 29.9 Å². The summed E-state index contributed by atoms with van der Waals surface area (Å²) in [4.78, 5) is 27.3. The smallest absolute Gasteiger partial charge is 0.317 e. The number of aliphatic carboxylic acids is 1. The fraction of sp³-hybridized carbons (Fsp3) is 0.778. The molecule has 0 unspecified atom stereocenters. The molecule has 2 N–H and O–H groups in total. The van der Waals surface area contributed by atoms with E-state index in [4.69, 9.17) is 5.11 Å². The molecule has 0 aliphatic heterocycles. The summed E-state index contributed by atoms with van der Waals surface area (Å²) in [5, 5.41) is 20.3. The number of aryl methyl sites for hydroxylation is 1. The standard InChI is InChI=1S/C18H30N6O3/c1-12-20-21-16(23(12)3)9-22(2)10-17(25)19-14-6-15(7-14)24(11-18(26)27)8-13-4-5-13/h13-15H,4-11H2,1-3H3,(H,19,25)(H,26,27). The predicted octanol–water partition coefficient (Wildman–Crippen LogP) is -0.000880. The van der Waals surface area contributed by atoms with E-state index in [1.54, 1.807) is 0 Å². The molecule has 1 aromatic rings. The van der Waals surface area contributed by atoms with Gasteiger partial charge in [0.05, 0.1) is 19.6 Å². The van der Waals surface area contributed by atoms with E-state index in [0.717, 1.165) is 31.0 Å². The van der Waals surface area contributed by atoms with E-state index in [9.17, 15) is 9.59 Å². The Morgan fingerprint density at radius 3 is 2.52 bits per heavy atom. The Bertz CT molecular complexity index is 681. The number of rotatable bonds is 10. The third-order valence-electron chi connectivity index (χ3n) is 5.53. The van der Waals surface area contributed by atoms with Crippen molar-refractivity contribution < 1.29 is 14.7 Å². The minimum Gasteiger partial charge on any atom is -0.480 e. The van der Waals surface area contributed by atoms with E-state index in [2.05, 4.69) is 20.4 Å². The molecule has 27 heavy (non-hydrogen) atoms. The molecule has 2 aliphatic rings. The minimum atomic E-state index is -0.774. The van der Waals surface area contributed by atoms with Crippen LogP contribution in [0.5, 0.6) is 0 Å². The van der Waals surface area contributed by atoms with E-state index < -0.39 is 5.97 Å². The highest BCUT2D eigenvalue weighted by molar-refractivity contribution is 5.78. The molecule has 0 aromatic carbocycles. The van der Waals surface area contributed by atoms with Crippen LogP contribution in [0.2, 0.25) is 0 Å². The van der Waals surface area contributed by atoms with Gasteiger partial charge >= 0.3 is 5.97 Å². The molecule has 0 spiro atoms. The molecule has 0 saturated heterocycles. The molecule has 9 heteroatoms. The first kappa shape index (κ1) is 19.8. The summed E-state index contributed by atoms with van der Waals surface area (Å²) in [7, 11) is 3.80. The lowest BCUT2D eigenvalue weighted by Gasteiger charge is -2.42. The fourth-order valence-electron chi connectivity index (χ4n) is 3.56. The van der Waals surface area contributed by atoms with Crippen molar-refractivity contribution >= 4 is 11.9 Å². The summed E-state index contributed by atoms with van der Waals surface area (Å²) in [5.74, 6) is 1.56. The lowest BCUT2D eigenvalue weighted by atomic mass is 9.85. The van der Waals surface area contributed by atoms with Crippen LogP contribution in [0, 0.1) is 12.8 Å². The number of nitrogens with one attached hydrogen (secondary N) is 1. The molecule has 0 radical (unpaired) electrons. The maximum absolute atomic E-state index is 12.3. The van der Waals surface area contributed by atoms with Gasteiger partial charge in [-0.1, -0.05) is 0 Å². The van der Waals surface area contributed by atoms with Crippen LogP contribution in [0.15, 0.2) is 0 Å². The first-order chi connectivity index (χ1) is 12.8. The van der Waals surface area contributed by atoms with Crippen molar-refractivity contribution in [2.24, 2.45) is 13.0 Å². The van der Waals surface area contributed by atoms with Crippen LogP contribution in [0.4, 0.5) is 0 Å². The van der Waals surface area contributed by atoms with Gasteiger partial charge in [-0.2, -0.15) is 0 Å². The second-order valence-corrected chi connectivity index (χ2v) is 8.05. The molecule has 1 amide bonds. The van der Waals surface area contributed by atoms with E-state index >= 15 is 0 Å². The number of carboxylic acid groups (broad SMARTS) is 1. The third-order valence-corrected chi connectivity index (χ3v) is 5.53. The average Bonchev–Trinajstić information content (AvgIpc) is 3.30. The Hall–Kier alpha value is -2.00. The largest absolute Gasteiger partial charge is 0.480 e. The van der Waals surface area contributed by atoms with Gasteiger partial charge in [-0.25, -0.2) is 0 Å². The van der Waals surface area contributed by atoms with Gasteiger partial charge in [0, 0.05) is 25.7 Å². The van der Waals surface area contributed by atoms with Crippen molar-refractivity contribution in [1.29, 1.82) is 0 Å². The van der Waals surface area contributed by atoms with Crippen LogP contribution < -0.4 is 5.32 Å². The molecule has 0 atom stereocenters. The summed E-state index contributed by atoms with van der Waals surface area (Å²) in [6.45, 7) is 3.73. The van der Waals surface area contributed by atoms with Gasteiger partial charge in [-0.3, -0.25) is 19.4 Å². The quantitative estimate of drug-likeness (QED) is 0.591. The van der Waals surface area contributed by atoms with E-state index in [0.29, 0.717) is 19.0 Å². The number of carboxylic acids is 1. The Morgan fingerprint density at radius 2 is 1.96 bits per heavy atom. The molecule has 2 fully saturated rings. The first-order valence-corrected chi connectivity index (χ1v) is 9.60. The molecular formula is C18H30N6O3. The lowest BCUT2D eigenvalue weighted by molar-refractivity contribution is -0.140. The average molecular weight is 378 g/mol. The molecule has 0 bridgehead atoms. The Labute approximate surface area is 159 Å². The number of nitrogens with zero attached hydrogens (tertiary/aromatic N) is 5. The van der Waals surface area contributed by atoms with Gasteiger partial charge in [0.2, 0.25) is 5.91 Å². The van der Waals surface area contributed by atoms with Crippen molar-refractivity contribution in [3.05, 3.63) is 11.6 Å². The molecular weight excluding hydrogens is 348 g/mol. The van der Waals surface area contributed by atoms with Gasteiger partial charge in [0.25, 0.3) is 0 Å². The topological polar surface area (TPSA) is 104 Å². The van der Waals surface area contributed by atoms with Crippen LogP contribution in [-0.4, -0.2) is 80.3 Å². The van der Waals surface area contributed by atoms with Crippen LogP contribution in [0.1, 0.15) is 37.3 Å². The van der Waals surface area contributed by atoms with Crippen molar-refractivity contribution in [3.63, 3.8) is 0 Å². The normalized spacial score (nSPS) is 22.1. The van der Waals surface area contributed by atoms with Gasteiger partial charge in [-0.15, -0.1) is 10.2 Å². The Morgan fingerprint density at radius 1 is 1.26 bits per heavy atom. The van der Waals surface area contributed by atoms with Gasteiger partial charge in [0.1, 0.15) is 11.6 Å². The Balaban J connectivity index is 1.39. The predicted molar refractivity (Wildman–Crippen MR) is 99.0 cm³/mol. The summed E-state index contributed by atoms with van der Waals surface area (Å²) < 4.78 is 1.92. The zero-order valence-electron chi connectivity index (χ0n) is 16.4. The molecule has 3 rings (SSSR count). The summed E-state index contributed by atoms with van der Waals surface area (Å²) in [6, 6.07) is 0.412. The maximum atomic E-state index is 12.3. The van der Waals surface area contributed by atoms with Crippen LogP contribution in [0.25, 0.3) is 0 Å². The SMILES string of the molecule is Cc1nnc(CN(C)CC(=O)NC2CC(N(CC(=O)O)CC3CC3)C2)n1C. The molecule has 1 heterocycles. The van der Waals surface area contributed by atoms with Gasteiger partial charge in [-0.05, 0) is 45.6 Å². The van der Waals surface area contributed by atoms with Gasteiger partial charge < -0.3 is 15.0 Å². The van der Waals surface area contributed by atoms with Crippen molar-refractivity contribution in [2.45, 2.75) is 51.2 Å². The highest BCUT2D eigenvalue weighted by Crippen LogP contribution is 2.33. The number of hydrogen-bond acceptors (Lipinski definition) is 6. The fourth-order valence-corrected chi connectivity index (χ4v) is 3.56. The van der Waals surface area contributed by atoms with Crippen LogP contribution >= 0.6 is 0 Å². The summed E-state index contributed by atoms with van der Waals surface area (Å²) >= 11 is 0. The summed E-state index contributed by atoms with van der Waals surface area (Å²) in [5.41, 5.74) is 0. The third kappa shape index (κ3) is 5.49. The van der Waals surface area contributed by atoms with E-state index in [1.165, 1.54) is 12.8 Å². The van der Waals surface area contributed by atoms with E-state index in [1.807, 2.05) is 30.5 Å². The van der Waals surface area contributed by atoms with Crippen LogP contribution in [-0.2, 0) is 23.2 Å². The molecule has 150 valence electrons. The monoisotopic (exact) mass is 378 g/mol. The van der Waals surface area contributed by atoms with Crippen molar-refractivity contribution in [2.75, 3.05) is 26.7 Å². The number of amides is 1. The molecule has 1 aromatic heterocycles. The zero-order chi connectivity index (χ0) is 19.6. The number of hydrogen-bond donors (Lipinski definition) is 2. The molecule has 2 saturated carbocycles. The molecule has 9 nitrogen and oxygen atoms in total. The van der Waals surface area contributed by atoms with Crippen molar-refractivity contribution in [3.8, 4) is 0 Å². The second-order valence-electron chi connectivity index (χ2n) is 8.05. The molecule has 2 aliphatic carbocycles. The summed E-state index contributed by atoms with van der Waals surface area (Å²) in [6.07, 6.45) is 4.08. The minimum absolute atomic E-state index is 0.00758. The number of carbonyl (C=O) groups is 2. The number of likely N-dealkylation sites (N-methyl/N-ethyl adjacent to an activating group) is 1. The second kappa shape index (κ2) is 8.35. The Kier molecular flexibility index (Phi) is 6.11. The van der Waals surface area contributed by atoms with Crippen LogP contribution in [0.3, 0.4) is 0 Å². The lowest BCUT2D eigenvalue weighted by Crippen LogP contribution is -2.56.